The average molecular weight is 605 g/mol. The van der Waals surface area contributed by atoms with E-state index in [4.69, 9.17) is 0 Å². The second kappa shape index (κ2) is 15.1. The molecule has 1 N–H and O–H groups in total. The van der Waals surface area contributed by atoms with Gasteiger partial charge in [0.05, 0.1) is 0 Å². The van der Waals surface area contributed by atoms with Crippen molar-refractivity contribution < 1.29 is 17.4 Å². The Morgan fingerprint density at radius 1 is 0.571 bits per heavy atom. The molecule has 0 radical (unpaired) electrons. The van der Waals surface area contributed by atoms with E-state index in [1.807, 2.05) is 16.0 Å². The molecular formula is C39H46NSiTi. The van der Waals surface area contributed by atoms with Gasteiger partial charge < -0.3 is 0 Å². The Morgan fingerprint density at radius 2 is 1.00 bits per heavy atom. The zero-order valence-electron chi connectivity index (χ0n) is 25.8. The monoisotopic (exact) mass is 604 g/mol. The smallest absolute Gasteiger partial charge is 0.0184 e. The van der Waals surface area contributed by atoms with Crippen LogP contribution in [0.3, 0.4) is 0 Å². The van der Waals surface area contributed by atoms with Gasteiger partial charge in [-0.05, 0) is 11.1 Å². The van der Waals surface area contributed by atoms with Crippen LogP contribution in [0.2, 0.25) is 0 Å². The minimum Gasteiger partial charge on any atom is -0.0622 e. The van der Waals surface area contributed by atoms with Gasteiger partial charge in [-0.2, -0.15) is 0 Å². The molecule has 3 heteroatoms. The topological polar surface area (TPSA) is 12.0 Å². The molecule has 0 spiro atoms. The van der Waals surface area contributed by atoms with Gasteiger partial charge in [0.1, 0.15) is 0 Å². The molecule has 4 aromatic carbocycles. The van der Waals surface area contributed by atoms with Crippen molar-refractivity contribution in [2.24, 2.45) is 5.92 Å². The van der Waals surface area contributed by atoms with E-state index in [0.717, 1.165) is 6.04 Å². The zero-order chi connectivity index (χ0) is 29.3. The third-order valence-corrected chi connectivity index (χ3v) is 23.1. The van der Waals surface area contributed by atoms with Crippen molar-refractivity contribution in [1.29, 1.82) is 0 Å². The summed E-state index contributed by atoms with van der Waals surface area (Å²) in [5, 5.41) is 3.24. The summed E-state index contributed by atoms with van der Waals surface area (Å²) in [6.45, 7) is 8.26. The number of nitrogens with one attached hydrogen (secondary N) is 1. The second-order valence-electron chi connectivity index (χ2n) is 11.9. The molecule has 2 aliphatic carbocycles. The van der Waals surface area contributed by atoms with Gasteiger partial charge in [-0.1, -0.05) is 60.7 Å². The summed E-state index contributed by atoms with van der Waals surface area (Å²) < 4.78 is 6.27. The van der Waals surface area contributed by atoms with E-state index in [-0.39, 0.29) is 0 Å². The molecule has 1 unspecified atom stereocenters. The fraction of sp³-hybridized carbons (Fsp3) is 0.282. The summed E-state index contributed by atoms with van der Waals surface area (Å²) >= 11 is -1.76. The second-order valence-corrected chi connectivity index (χ2v) is 21.8. The molecule has 0 bridgehead atoms. The minimum absolute atomic E-state index is 0.610. The fourth-order valence-electron chi connectivity index (χ4n) is 6.66. The zero-order valence-corrected chi connectivity index (χ0v) is 28.5. The normalized spacial score (nSPS) is 17.3. The van der Waals surface area contributed by atoms with Crippen molar-refractivity contribution >= 4 is 17.0 Å². The van der Waals surface area contributed by atoms with Gasteiger partial charge in [0.25, 0.3) is 0 Å². The van der Waals surface area contributed by atoms with Gasteiger partial charge in [0.2, 0.25) is 0 Å². The molecule has 0 amide bonds. The van der Waals surface area contributed by atoms with Crippen molar-refractivity contribution in [3.63, 3.8) is 0 Å². The summed E-state index contributed by atoms with van der Waals surface area (Å²) in [5.41, 5.74) is 7.33. The van der Waals surface area contributed by atoms with Gasteiger partial charge in [0, 0.05) is 0 Å². The summed E-state index contributed by atoms with van der Waals surface area (Å²) in [6.07, 6.45) is 6.95. The minimum atomic E-state index is -1.76. The number of hydrogen-bond acceptors (Lipinski definition) is 1. The SMILES string of the molecule is CC1=C(C)C(C)[C]([Ti]([NH]C2CCCCC2)[SiH](c2ccccc2)c2ccccc2)=C1C.c1ccc(-c2ccccc2)cc1. The first-order chi connectivity index (χ1) is 20.5. The van der Waals surface area contributed by atoms with E-state index in [0.29, 0.717) is 5.92 Å². The Labute approximate surface area is 261 Å². The van der Waals surface area contributed by atoms with Crippen LogP contribution in [0.15, 0.2) is 142 Å². The van der Waals surface area contributed by atoms with Gasteiger partial charge >= 0.3 is 191 Å². The Morgan fingerprint density at radius 3 is 1.40 bits per heavy atom. The molecule has 0 aromatic heterocycles. The molecule has 1 saturated carbocycles. The number of benzene rings is 4. The van der Waals surface area contributed by atoms with E-state index >= 15 is 0 Å². The first-order valence-electron chi connectivity index (χ1n) is 15.8. The number of hydrogen-bond donors (Lipinski definition) is 1. The van der Waals surface area contributed by atoms with Crippen LogP contribution in [0.25, 0.3) is 11.1 Å². The maximum absolute atomic E-state index is 4.44. The van der Waals surface area contributed by atoms with Gasteiger partial charge in [0.15, 0.2) is 0 Å². The molecule has 4 aromatic rings. The Bertz CT molecular complexity index is 1380. The maximum Gasteiger partial charge on any atom is -0.0184 e. The molecule has 6 rings (SSSR count). The molecule has 2 aliphatic rings. The largest absolute Gasteiger partial charge is 0.0622 e. The molecule has 0 aliphatic heterocycles. The predicted molar refractivity (Wildman–Crippen MR) is 181 cm³/mol. The van der Waals surface area contributed by atoms with Crippen molar-refractivity contribution in [3.8, 4) is 11.1 Å². The van der Waals surface area contributed by atoms with Crippen LogP contribution in [0.4, 0.5) is 0 Å². The van der Waals surface area contributed by atoms with E-state index in [2.05, 4.69) is 141 Å². The van der Waals surface area contributed by atoms with Crippen molar-refractivity contribution in [3.05, 3.63) is 142 Å². The first kappa shape index (κ1) is 30.7. The van der Waals surface area contributed by atoms with Crippen LogP contribution < -0.4 is 14.2 Å². The van der Waals surface area contributed by atoms with E-state index in [1.54, 1.807) is 27.1 Å². The van der Waals surface area contributed by atoms with E-state index in [9.17, 15) is 0 Å². The summed E-state index contributed by atoms with van der Waals surface area (Å²) in [6, 6.07) is 44.5. The molecule has 0 heterocycles. The van der Waals surface area contributed by atoms with Crippen LogP contribution in [-0.2, 0) is 17.4 Å². The first-order valence-corrected chi connectivity index (χ1v) is 21.8. The van der Waals surface area contributed by atoms with Crippen LogP contribution in [0.1, 0.15) is 59.8 Å². The van der Waals surface area contributed by atoms with Crippen molar-refractivity contribution in [1.82, 2.24) is 3.80 Å². The number of rotatable bonds is 7. The summed E-state index contributed by atoms with van der Waals surface area (Å²) in [4.78, 5) is 0. The maximum atomic E-state index is 4.44. The summed E-state index contributed by atoms with van der Waals surface area (Å²) in [5.74, 6) is 0.610. The molecule has 215 valence electrons. The molecule has 42 heavy (non-hydrogen) atoms. The van der Waals surface area contributed by atoms with Gasteiger partial charge in [-0.3, -0.25) is 0 Å². The third-order valence-electron chi connectivity index (χ3n) is 9.33. The molecule has 0 saturated heterocycles. The predicted octanol–water partition coefficient (Wildman–Crippen LogP) is 8.59. The Kier molecular flexibility index (Phi) is 11.1. The third kappa shape index (κ3) is 7.42. The Balaban J connectivity index is 0.000000244. The van der Waals surface area contributed by atoms with Gasteiger partial charge in [-0.25, -0.2) is 0 Å². The Hall–Kier alpha value is -2.75. The van der Waals surface area contributed by atoms with Crippen LogP contribution in [0.5, 0.6) is 0 Å². The van der Waals surface area contributed by atoms with E-state index in [1.165, 1.54) is 43.2 Å². The quantitative estimate of drug-likeness (QED) is 0.208. The van der Waals surface area contributed by atoms with Crippen molar-refractivity contribution in [2.75, 3.05) is 0 Å². The van der Waals surface area contributed by atoms with Gasteiger partial charge in [-0.15, -0.1) is 0 Å². The molecule has 1 atom stereocenters. The standard InChI is InChI=1S/C12H11Si.C12H10.C9H13.C6H12N.Ti/c1-3-7-11(8-4-1)13-12-9-5-2-6-10-12;1-3-7-11(8-4-1)12-9-5-2-6-10-12;1-6-5-7(2)9(4)8(6)3;7-6-4-2-1-3-5-6;/h1-10,13H;1-10H;6H,1-4H3;6-7H,1-5H2;/q;;;-1;+1. The molecular weight excluding hydrogens is 558 g/mol. The fourth-order valence-corrected chi connectivity index (χ4v) is 22.8. The number of allylic oxidation sites excluding steroid dienone is 4. The average Bonchev–Trinajstić information content (AvgIpc) is 3.25. The molecule has 1 nitrogen and oxygen atoms in total. The van der Waals surface area contributed by atoms with E-state index < -0.39 is 24.0 Å². The summed E-state index contributed by atoms with van der Waals surface area (Å²) in [7, 11) is 0. The van der Waals surface area contributed by atoms with Crippen LogP contribution in [0, 0.1) is 5.92 Å². The molecule has 1 fully saturated rings. The van der Waals surface area contributed by atoms with Crippen LogP contribution in [-0.4, -0.2) is 12.7 Å². The van der Waals surface area contributed by atoms with Crippen LogP contribution >= 0.6 is 0 Å². The van der Waals surface area contributed by atoms with Crippen molar-refractivity contribution in [2.45, 2.75) is 65.8 Å².